The van der Waals surface area contributed by atoms with Crippen LogP contribution in [0.4, 0.5) is 11.4 Å². The minimum Gasteiger partial charge on any atom is -0.465 e. The molecular weight excluding hydrogens is 244 g/mol. The molecule has 0 unspecified atom stereocenters. The molecule has 1 aromatic carbocycles. The van der Waals surface area contributed by atoms with Crippen LogP contribution in [-0.4, -0.2) is 39.4 Å². The quantitative estimate of drug-likeness (QED) is 0.464. The molecule has 5 nitrogen and oxygen atoms in total. The number of likely N-dealkylation sites (N-methyl/N-ethyl adjacent to an activating group) is 1. The number of benzene rings is 1. The Morgan fingerprint density at radius 2 is 2.11 bits per heavy atom. The lowest BCUT2D eigenvalue weighted by Gasteiger charge is -2.23. The third-order valence-electron chi connectivity index (χ3n) is 2.90. The third-order valence-corrected chi connectivity index (χ3v) is 2.90. The summed E-state index contributed by atoms with van der Waals surface area (Å²) in [5.74, 6) is -0.416. The highest BCUT2D eigenvalue weighted by Gasteiger charge is 2.13. The van der Waals surface area contributed by atoms with Crippen molar-refractivity contribution in [1.82, 2.24) is 0 Å². The fourth-order valence-electron chi connectivity index (χ4n) is 1.82. The van der Waals surface area contributed by atoms with Gasteiger partial charge in [0.2, 0.25) is 0 Å². The average molecular weight is 266 g/mol. The summed E-state index contributed by atoms with van der Waals surface area (Å²) in [5.41, 5.74) is 7.55. The minimum absolute atomic E-state index is 0.398. The number of ether oxygens (including phenoxy) is 2. The summed E-state index contributed by atoms with van der Waals surface area (Å²) in [6.45, 7) is 6.98. The van der Waals surface area contributed by atoms with E-state index >= 15 is 0 Å². The van der Waals surface area contributed by atoms with Crippen molar-refractivity contribution in [1.29, 1.82) is 0 Å². The van der Waals surface area contributed by atoms with Gasteiger partial charge in [-0.15, -0.1) is 0 Å². The highest BCUT2D eigenvalue weighted by molar-refractivity contribution is 5.96. The Morgan fingerprint density at radius 3 is 2.68 bits per heavy atom. The Hall–Kier alpha value is -1.75. The van der Waals surface area contributed by atoms with Gasteiger partial charge in [0.1, 0.15) is 0 Å². The summed E-state index contributed by atoms with van der Waals surface area (Å²) in [6, 6.07) is 5.39. The Bertz CT molecular complexity index is 421. The zero-order valence-electron chi connectivity index (χ0n) is 11.8. The molecular formula is C14H22N2O3. The Kier molecular flexibility index (Phi) is 6.15. The first kappa shape index (κ1) is 15.3. The van der Waals surface area contributed by atoms with Gasteiger partial charge in [-0.1, -0.05) is 0 Å². The second-order valence-electron chi connectivity index (χ2n) is 4.04. The van der Waals surface area contributed by atoms with Crippen molar-refractivity contribution in [3.63, 3.8) is 0 Å². The number of anilines is 2. The van der Waals surface area contributed by atoms with E-state index in [-0.39, 0.29) is 0 Å². The molecule has 0 aliphatic carbocycles. The molecule has 2 N–H and O–H groups in total. The highest BCUT2D eigenvalue weighted by Crippen LogP contribution is 2.21. The first-order valence-electron chi connectivity index (χ1n) is 6.44. The van der Waals surface area contributed by atoms with Crippen LogP contribution in [0.1, 0.15) is 24.2 Å². The zero-order chi connectivity index (χ0) is 14.3. The SMILES string of the molecule is CCOCCN(CC)c1ccc(N)c(C(=O)OC)c1. The van der Waals surface area contributed by atoms with Crippen LogP contribution in [0, 0.1) is 0 Å². The summed E-state index contributed by atoms with van der Waals surface area (Å²) in [6.07, 6.45) is 0. The minimum atomic E-state index is -0.416. The van der Waals surface area contributed by atoms with Gasteiger partial charge in [0.05, 0.1) is 19.3 Å². The molecule has 5 heteroatoms. The second-order valence-corrected chi connectivity index (χ2v) is 4.04. The van der Waals surface area contributed by atoms with E-state index in [0.29, 0.717) is 24.5 Å². The van der Waals surface area contributed by atoms with Gasteiger partial charge in [-0.05, 0) is 32.0 Å². The van der Waals surface area contributed by atoms with Crippen LogP contribution < -0.4 is 10.6 Å². The summed E-state index contributed by atoms with van der Waals surface area (Å²) >= 11 is 0. The number of nitrogens with zero attached hydrogens (tertiary/aromatic N) is 1. The topological polar surface area (TPSA) is 64.8 Å². The van der Waals surface area contributed by atoms with Gasteiger partial charge in [-0.2, -0.15) is 0 Å². The molecule has 0 aliphatic rings. The number of carbonyl (C=O) groups excluding carboxylic acids is 1. The van der Waals surface area contributed by atoms with Crippen molar-refractivity contribution >= 4 is 17.3 Å². The largest absolute Gasteiger partial charge is 0.465 e. The van der Waals surface area contributed by atoms with Gasteiger partial charge in [-0.3, -0.25) is 0 Å². The van der Waals surface area contributed by atoms with Crippen molar-refractivity contribution < 1.29 is 14.3 Å². The predicted octanol–water partition coefficient (Wildman–Crippen LogP) is 1.92. The molecule has 0 saturated carbocycles. The van der Waals surface area contributed by atoms with Crippen LogP contribution in [0.5, 0.6) is 0 Å². The van der Waals surface area contributed by atoms with Crippen molar-refractivity contribution in [2.75, 3.05) is 44.0 Å². The van der Waals surface area contributed by atoms with Gasteiger partial charge >= 0.3 is 5.97 Å². The molecule has 0 amide bonds. The van der Waals surface area contributed by atoms with Gasteiger partial charge < -0.3 is 20.1 Å². The van der Waals surface area contributed by atoms with E-state index in [0.717, 1.165) is 18.8 Å². The lowest BCUT2D eigenvalue weighted by molar-refractivity contribution is 0.0602. The maximum absolute atomic E-state index is 11.6. The van der Waals surface area contributed by atoms with Crippen molar-refractivity contribution in [3.05, 3.63) is 23.8 Å². The second kappa shape index (κ2) is 7.63. The standard InChI is InChI=1S/C14H22N2O3/c1-4-16(8-9-19-5-2)11-6-7-13(15)12(10-11)14(17)18-3/h6-7,10H,4-5,8-9,15H2,1-3H3. The predicted molar refractivity (Wildman–Crippen MR) is 76.6 cm³/mol. The molecule has 0 saturated heterocycles. The number of rotatable bonds is 7. The summed E-state index contributed by atoms with van der Waals surface area (Å²) < 4.78 is 10.1. The van der Waals surface area contributed by atoms with E-state index in [1.807, 2.05) is 13.0 Å². The van der Waals surface area contributed by atoms with Crippen LogP contribution in [0.3, 0.4) is 0 Å². The molecule has 0 aromatic heterocycles. The summed E-state index contributed by atoms with van der Waals surface area (Å²) in [4.78, 5) is 13.7. The molecule has 0 bridgehead atoms. The van der Waals surface area contributed by atoms with E-state index in [1.54, 1.807) is 12.1 Å². The van der Waals surface area contributed by atoms with Gasteiger partial charge in [-0.25, -0.2) is 4.79 Å². The van der Waals surface area contributed by atoms with E-state index in [4.69, 9.17) is 15.2 Å². The molecule has 0 spiro atoms. The Morgan fingerprint density at radius 1 is 1.37 bits per heavy atom. The van der Waals surface area contributed by atoms with E-state index in [1.165, 1.54) is 7.11 Å². The number of nitrogen functional groups attached to an aromatic ring is 1. The van der Waals surface area contributed by atoms with E-state index < -0.39 is 5.97 Å². The average Bonchev–Trinajstić information content (AvgIpc) is 2.44. The van der Waals surface area contributed by atoms with Crippen LogP contribution in [0.2, 0.25) is 0 Å². The molecule has 1 aromatic rings. The van der Waals surface area contributed by atoms with Crippen molar-refractivity contribution in [2.45, 2.75) is 13.8 Å². The van der Waals surface area contributed by atoms with Gasteiger partial charge in [0, 0.05) is 31.1 Å². The maximum Gasteiger partial charge on any atom is 0.340 e. The highest BCUT2D eigenvalue weighted by atomic mass is 16.5. The van der Waals surface area contributed by atoms with Crippen molar-refractivity contribution in [3.8, 4) is 0 Å². The van der Waals surface area contributed by atoms with Gasteiger partial charge in [0.15, 0.2) is 0 Å². The summed E-state index contributed by atoms with van der Waals surface area (Å²) in [7, 11) is 1.35. The molecule has 1 rings (SSSR count). The number of nitrogens with two attached hydrogens (primary N) is 1. The molecule has 0 aliphatic heterocycles. The molecule has 0 radical (unpaired) electrons. The maximum atomic E-state index is 11.6. The van der Waals surface area contributed by atoms with E-state index in [9.17, 15) is 4.79 Å². The monoisotopic (exact) mass is 266 g/mol. The lowest BCUT2D eigenvalue weighted by atomic mass is 10.1. The molecule has 19 heavy (non-hydrogen) atoms. The third kappa shape index (κ3) is 4.13. The van der Waals surface area contributed by atoms with Crippen molar-refractivity contribution in [2.24, 2.45) is 0 Å². The first-order chi connectivity index (χ1) is 9.13. The van der Waals surface area contributed by atoms with Crippen LogP contribution >= 0.6 is 0 Å². The number of methoxy groups -OCH3 is 1. The van der Waals surface area contributed by atoms with Gasteiger partial charge in [0.25, 0.3) is 0 Å². The first-order valence-corrected chi connectivity index (χ1v) is 6.44. The molecule has 0 atom stereocenters. The number of hydrogen-bond acceptors (Lipinski definition) is 5. The number of hydrogen-bond donors (Lipinski definition) is 1. The smallest absolute Gasteiger partial charge is 0.340 e. The van der Waals surface area contributed by atoms with Crippen LogP contribution in [0.15, 0.2) is 18.2 Å². The molecule has 0 heterocycles. The van der Waals surface area contributed by atoms with Crippen LogP contribution in [-0.2, 0) is 9.47 Å². The molecule has 0 fully saturated rings. The van der Waals surface area contributed by atoms with Crippen LogP contribution in [0.25, 0.3) is 0 Å². The zero-order valence-corrected chi connectivity index (χ0v) is 11.8. The fourth-order valence-corrected chi connectivity index (χ4v) is 1.82. The summed E-state index contributed by atoms with van der Waals surface area (Å²) in [5, 5.41) is 0. The Balaban J connectivity index is 2.89. The van der Waals surface area contributed by atoms with E-state index in [2.05, 4.69) is 11.8 Å². The number of carbonyl (C=O) groups is 1. The number of esters is 1. The lowest BCUT2D eigenvalue weighted by Crippen LogP contribution is -2.27. The normalized spacial score (nSPS) is 10.3. The fraction of sp³-hybridized carbons (Fsp3) is 0.500. The Labute approximate surface area is 114 Å². The molecule has 106 valence electrons.